The second-order valence-electron chi connectivity index (χ2n) is 5.72. The predicted molar refractivity (Wildman–Crippen MR) is 53.5 cm³/mol. The van der Waals surface area contributed by atoms with Gasteiger partial charge >= 0.3 is 0 Å². The topological polar surface area (TPSA) is 17.1 Å². The second kappa shape index (κ2) is 2.83. The first-order valence-corrected chi connectivity index (χ1v) is 5.58. The molecule has 1 nitrogen and oxygen atoms in total. The lowest BCUT2D eigenvalue weighted by atomic mass is 9.64. The normalized spacial score (nSPS) is 31.1. The van der Waals surface area contributed by atoms with E-state index in [0.29, 0.717) is 11.2 Å². The molecule has 13 heavy (non-hydrogen) atoms. The highest BCUT2D eigenvalue weighted by Crippen LogP contribution is 2.51. The van der Waals surface area contributed by atoms with Gasteiger partial charge in [0, 0.05) is 11.8 Å². The first-order chi connectivity index (χ1) is 6.04. The highest BCUT2D eigenvalue weighted by atomic mass is 16.1. The summed E-state index contributed by atoms with van der Waals surface area (Å²) in [6, 6.07) is 0. The molecule has 0 saturated heterocycles. The molecular weight excluding hydrogens is 160 g/mol. The van der Waals surface area contributed by atoms with Crippen LogP contribution in [0.2, 0.25) is 0 Å². The van der Waals surface area contributed by atoms with Gasteiger partial charge in [0.2, 0.25) is 0 Å². The van der Waals surface area contributed by atoms with Gasteiger partial charge in [-0.25, -0.2) is 0 Å². The van der Waals surface area contributed by atoms with Crippen LogP contribution in [0.5, 0.6) is 0 Å². The van der Waals surface area contributed by atoms with Crippen molar-refractivity contribution in [3.05, 3.63) is 0 Å². The molecule has 0 N–H and O–H groups in total. The molecule has 2 fully saturated rings. The number of rotatable bonds is 0. The van der Waals surface area contributed by atoms with E-state index in [9.17, 15) is 4.79 Å². The number of carbonyl (C=O) groups is 1. The highest BCUT2D eigenvalue weighted by molar-refractivity contribution is 5.86. The van der Waals surface area contributed by atoms with Gasteiger partial charge in [-0.1, -0.05) is 13.8 Å². The smallest absolute Gasteiger partial charge is 0.139 e. The molecule has 0 amide bonds. The van der Waals surface area contributed by atoms with Crippen molar-refractivity contribution in [2.24, 2.45) is 10.8 Å². The van der Waals surface area contributed by atoms with Crippen LogP contribution in [0.3, 0.4) is 0 Å². The van der Waals surface area contributed by atoms with Gasteiger partial charge in [0.25, 0.3) is 0 Å². The lowest BCUT2D eigenvalue weighted by molar-refractivity contribution is -0.128. The van der Waals surface area contributed by atoms with Crippen molar-refractivity contribution in [2.45, 2.75) is 58.8 Å². The largest absolute Gasteiger partial charge is 0.299 e. The van der Waals surface area contributed by atoms with Gasteiger partial charge in [-0.2, -0.15) is 0 Å². The zero-order valence-electron chi connectivity index (χ0n) is 8.86. The van der Waals surface area contributed by atoms with Gasteiger partial charge in [0.15, 0.2) is 0 Å². The Kier molecular flexibility index (Phi) is 2.01. The summed E-state index contributed by atoms with van der Waals surface area (Å²) in [6.45, 7) is 4.67. The zero-order valence-corrected chi connectivity index (χ0v) is 8.86. The number of ketones is 1. The van der Waals surface area contributed by atoms with Crippen molar-refractivity contribution >= 4 is 5.78 Å². The maximum atomic E-state index is 11.8. The highest BCUT2D eigenvalue weighted by Gasteiger charge is 2.45. The molecule has 1 heteroatoms. The molecule has 74 valence electrons. The van der Waals surface area contributed by atoms with E-state index < -0.39 is 0 Å². The molecule has 2 rings (SSSR count). The zero-order chi connectivity index (χ0) is 9.53. The van der Waals surface area contributed by atoms with Crippen LogP contribution < -0.4 is 0 Å². The maximum absolute atomic E-state index is 11.8. The lowest BCUT2D eigenvalue weighted by Gasteiger charge is -2.40. The van der Waals surface area contributed by atoms with Crippen LogP contribution in [0.25, 0.3) is 0 Å². The van der Waals surface area contributed by atoms with Crippen molar-refractivity contribution in [1.82, 2.24) is 0 Å². The average molecular weight is 180 g/mol. The predicted octanol–water partition coefficient (Wildman–Crippen LogP) is 3.33. The number of Topliss-reactive ketones (excluding diaryl/α,β-unsaturated/α-hetero) is 1. The van der Waals surface area contributed by atoms with E-state index in [1.54, 1.807) is 0 Å². The van der Waals surface area contributed by atoms with Crippen LogP contribution >= 0.6 is 0 Å². The van der Waals surface area contributed by atoms with Crippen molar-refractivity contribution in [3.8, 4) is 0 Å². The molecule has 2 saturated carbocycles. The summed E-state index contributed by atoms with van der Waals surface area (Å²) in [7, 11) is 0. The van der Waals surface area contributed by atoms with Crippen LogP contribution in [0.15, 0.2) is 0 Å². The van der Waals surface area contributed by atoms with E-state index in [1.165, 1.54) is 32.1 Å². The summed E-state index contributed by atoms with van der Waals surface area (Å²) < 4.78 is 0. The van der Waals surface area contributed by atoms with Gasteiger partial charge in [-0.3, -0.25) is 4.79 Å². The first kappa shape index (κ1) is 9.23. The lowest BCUT2D eigenvalue weighted by Crippen LogP contribution is -2.34. The number of hydrogen-bond acceptors (Lipinski definition) is 1. The molecule has 0 bridgehead atoms. The van der Waals surface area contributed by atoms with Gasteiger partial charge in [-0.05, 0) is 43.9 Å². The Morgan fingerprint density at radius 2 is 1.62 bits per heavy atom. The van der Waals surface area contributed by atoms with E-state index >= 15 is 0 Å². The van der Waals surface area contributed by atoms with Crippen LogP contribution in [0.4, 0.5) is 0 Å². The molecular formula is C12H20O. The average Bonchev–Trinajstić information content (AvgIpc) is 2.41. The van der Waals surface area contributed by atoms with Crippen LogP contribution in [-0.2, 0) is 4.79 Å². The molecule has 0 atom stereocenters. The Bertz CT molecular complexity index is 217. The Morgan fingerprint density at radius 1 is 1.00 bits per heavy atom. The van der Waals surface area contributed by atoms with Crippen LogP contribution in [0, 0.1) is 10.8 Å². The third kappa shape index (κ3) is 1.53. The fourth-order valence-electron chi connectivity index (χ4n) is 2.93. The Hall–Kier alpha value is -0.330. The molecule has 2 aliphatic carbocycles. The summed E-state index contributed by atoms with van der Waals surface area (Å²) in [5.74, 6) is 0.572. The number of hydrogen-bond donors (Lipinski definition) is 0. The summed E-state index contributed by atoms with van der Waals surface area (Å²) in [6.07, 6.45) is 8.02. The van der Waals surface area contributed by atoms with E-state index in [4.69, 9.17) is 0 Å². The summed E-state index contributed by atoms with van der Waals surface area (Å²) in [5, 5.41) is 0. The third-order valence-electron chi connectivity index (χ3n) is 4.21. The molecule has 0 heterocycles. The molecule has 0 aliphatic heterocycles. The van der Waals surface area contributed by atoms with Crippen molar-refractivity contribution in [1.29, 1.82) is 0 Å². The first-order valence-electron chi connectivity index (χ1n) is 5.58. The summed E-state index contributed by atoms with van der Waals surface area (Å²) in [4.78, 5) is 11.8. The summed E-state index contributed by atoms with van der Waals surface area (Å²) >= 11 is 0. The van der Waals surface area contributed by atoms with E-state index in [-0.39, 0.29) is 5.41 Å². The third-order valence-corrected chi connectivity index (χ3v) is 4.21. The van der Waals surface area contributed by atoms with Crippen molar-refractivity contribution in [3.63, 3.8) is 0 Å². The molecule has 2 aliphatic rings. The molecule has 0 aromatic rings. The van der Waals surface area contributed by atoms with E-state index in [0.717, 1.165) is 12.8 Å². The Balaban J connectivity index is 2.08. The monoisotopic (exact) mass is 180 g/mol. The minimum Gasteiger partial charge on any atom is -0.299 e. The van der Waals surface area contributed by atoms with Gasteiger partial charge < -0.3 is 0 Å². The van der Waals surface area contributed by atoms with Crippen LogP contribution in [-0.4, -0.2) is 5.78 Å². The fourth-order valence-corrected chi connectivity index (χ4v) is 2.93. The molecule has 1 spiro atoms. The van der Waals surface area contributed by atoms with E-state index in [1.807, 2.05) is 0 Å². The molecule has 0 aromatic heterocycles. The molecule has 0 unspecified atom stereocenters. The maximum Gasteiger partial charge on any atom is 0.139 e. The Labute approximate surface area is 80.9 Å². The SMILES string of the molecule is CC1(C)CCC2(CCCC2=O)CC1. The molecule has 0 aromatic carbocycles. The van der Waals surface area contributed by atoms with Crippen molar-refractivity contribution in [2.75, 3.05) is 0 Å². The minimum absolute atomic E-state index is 0.148. The Morgan fingerprint density at radius 3 is 2.08 bits per heavy atom. The van der Waals surface area contributed by atoms with Crippen molar-refractivity contribution < 1.29 is 4.79 Å². The molecule has 0 radical (unpaired) electrons. The standard InChI is InChI=1S/C12H20O/c1-11(2)6-8-12(9-7-11)5-3-4-10(12)13/h3-9H2,1-2H3. The summed E-state index contributed by atoms with van der Waals surface area (Å²) in [5.41, 5.74) is 0.643. The van der Waals surface area contributed by atoms with Crippen LogP contribution in [0.1, 0.15) is 58.8 Å². The van der Waals surface area contributed by atoms with Gasteiger partial charge in [-0.15, -0.1) is 0 Å². The van der Waals surface area contributed by atoms with Gasteiger partial charge in [0.05, 0.1) is 0 Å². The quantitative estimate of drug-likeness (QED) is 0.559. The minimum atomic E-state index is 0.148. The number of carbonyl (C=O) groups excluding carboxylic acids is 1. The van der Waals surface area contributed by atoms with E-state index in [2.05, 4.69) is 13.8 Å². The fraction of sp³-hybridized carbons (Fsp3) is 0.917. The second-order valence-corrected chi connectivity index (χ2v) is 5.72. The van der Waals surface area contributed by atoms with Gasteiger partial charge in [0.1, 0.15) is 5.78 Å².